The fourth-order valence-electron chi connectivity index (χ4n) is 3.03. The summed E-state index contributed by atoms with van der Waals surface area (Å²) in [7, 11) is 0. The van der Waals surface area contributed by atoms with E-state index in [9.17, 15) is 4.79 Å². The molecule has 0 saturated carbocycles. The van der Waals surface area contributed by atoms with Gasteiger partial charge in [0, 0.05) is 28.7 Å². The summed E-state index contributed by atoms with van der Waals surface area (Å²) in [5.41, 5.74) is 2.89. The zero-order valence-corrected chi connectivity index (χ0v) is 13.3. The molecule has 2 heterocycles. The third kappa shape index (κ3) is 2.69. The third-order valence-corrected chi connectivity index (χ3v) is 4.21. The van der Waals surface area contributed by atoms with Crippen molar-refractivity contribution < 1.29 is 14.3 Å². The lowest BCUT2D eigenvalue weighted by Crippen LogP contribution is -2.34. The SMILES string of the molecule is C[C@H](Cc1c[nH]c2ccccc12)NC(=O)c1ccc2c(c1)OCO2. The number of H-pyrrole nitrogens is 1. The van der Waals surface area contributed by atoms with Crippen LogP contribution in [0, 0.1) is 0 Å². The van der Waals surface area contributed by atoms with Crippen LogP contribution in [0.2, 0.25) is 0 Å². The zero-order valence-electron chi connectivity index (χ0n) is 13.3. The highest BCUT2D eigenvalue weighted by Gasteiger charge is 2.17. The second kappa shape index (κ2) is 5.92. The Morgan fingerprint density at radius 1 is 1.21 bits per heavy atom. The van der Waals surface area contributed by atoms with Crippen LogP contribution in [0.3, 0.4) is 0 Å². The van der Waals surface area contributed by atoms with E-state index in [4.69, 9.17) is 9.47 Å². The van der Waals surface area contributed by atoms with Crippen LogP contribution in [0.15, 0.2) is 48.7 Å². The molecule has 122 valence electrons. The molecular weight excluding hydrogens is 304 g/mol. The van der Waals surface area contributed by atoms with Gasteiger partial charge in [-0.3, -0.25) is 4.79 Å². The van der Waals surface area contributed by atoms with Crippen LogP contribution in [0.25, 0.3) is 10.9 Å². The van der Waals surface area contributed by atoms with Gasteiger partial charge in [0.1, 0.15) is 0 Å². The lowest BCUT2D eigenvalue weighted by atomic mass is 10.1. The van der Waals surface area contributed by atoms with E-state index in [0.29, 0.717) is 17.1 Å². The number of hydrogen-bond acceptors (Lipinski definition) is 3. The topological polar surface area (TPSA) is 63.4 Å². The van der Waals surface area contributed by atoms with Crippen LogP contribution in [0.5, 0.6) is 11.5 Å². The molecule has 0 aliphatic carbocycles. The van der Waals surface area contributed by atoms with Crippen molar-refractivity contribution >= 4 is 16.8 Å². The normalized spacial score (nSPS) is 13.9. The average Bonchev–Trinajstić information content (AvgIpc) is 3.21. The quantitative estimate of drug-likeness (QED) is 0.775. The van der Waals surface area contributed by atoms with Gasteiger partial charge in [-0.15, -0.1) is 0 Å². The van der Waals surface area contributed by atoms with Crippen molar-refractivity contribution in [2.75, 3.05) is 6.79 Å². The minimum Gasteiger partial charge on any atom is -0.454 e. The van der Waals surface area contributed by atoms with Gasteiger partial charge in [-0.05, 0) is 43.2 Å². The number of carbonyl (C=O) groups is 1. The number of rotatable bonds is 4. The van der Waals surface area contributed by atoms with E-state index in [-0.39, 0.29) is 18.7 Å². The number of hydrogen-bond donors (Lipinski definition) is 2. The van der Waals surface area contributed by atoms with E-state index in [2.05, 4.69) is 22.4 Å². The highest BCUT2D eigenvalue weighted by atomic mass is 16.7. The Hall–Kier alpha value is -2.95. The molecule has 0 radical (unpaired) electrons. The molecule has 0 unspecified atom stereocenters. The molecule has 4 rings (SSSR count). The Kier molecular flexibility index (Phi) is 3.61. The number of fused-ring (bicyclic) bond motifs is 2. The third-order valence-electron chi connectivity index (χ3n) is 4.21. The van der Waals surface area contributed by atoms with Crippen molar-refractivity contribution in [2.45, 2.75) is 19.4 Å². The van der Waals surface area contributed by atoms with E-state index in [1.165, 1.54) is 10.9 Å². The molecule has 24 heavy (non-hydrogen) atoms. The zero-order chi connectivity index (χ0) is 16.5. The fourth-order valence-corrected chi connectivity index (χ4v) is 3.03. The van der Waals surface area contributed by atoms with Crippen LogP contribution in [0.1, 0.15) is 22.8 Å². The molecule has 0 saturated heterocycles. The number of amides is 1. The maximum absolute atomic E-state index is 12.4. The number of aromatic nitrogens is 1. The molecule has 5 nitrogen and oxygen atoms in total. The Morgan fingerprint density at radius 3 is 2.96 bits per heavy atom. The molecule has 0 bridgehead atoms. The van der Waals surface area contributed by atoms with Crippen molar-refractivity contribution in [2.24, 2.45) is 0 Å². The van der Waals surface area contributed by atoms with Crippen molar-refractivity contribution in [1.29, 1.82) is 0 Å². The van der Waals surface area contributed by atoms with Gasteiger partial charge in [-0.25, -0.2) is 0 Å². The van der Waals surface area contributed by atoms with E-state index >= 15 is 0 Å². The fraction of sp³-hybridized carbons (Fsp3) is 0.211. The number of ether oxygens (including phenoxy) is 2. The summed E-state index contributed by atoms with van der Waals surface area (Å²) in [5.74, 6) is 1.19. The molecule has 5 heteroatoms. The Labute approximate surface area is 139 Å². The Balaban J connectivity index is 1.45. The highest BCUT2D eigenvalue weighted by Crippen LogP contribution is 2.32. The summed E-state index contributed by atoms with van der Waals surface area (Å²) in [5, 5.41) is 4.24. The van der Waals surface area contributed by atoms with Gasteiger partial charge in [-0.2, -0.15) is 0 Å². The first-order valence-corrected chi connectivity index (χ1v) is 7.96. The first-order valence-electron chi connectivity index (χ1n) is 7.96. The summed E-state index contributed by atoms with van der Waals surface area (Å²) in [6.07, 6.45) is 2.77. The number of benzene rings is 2. The first kappa shape index (κ1) is 14.6. The smallest absolute Gasteiger partial charge is 0.251 e. The second-order valence-corrected chi connectivity index (χ2v) is 6.01. The second-order valence-electron chi connectivity index (χ2n) is 6.01. The molecule has 1 aliphatic heterocycles. The van der Waals surface area contributed by atoms with Gasteiger partial charge in [0.25, 0.3) is 5.91 Å². The first-order chi connectivity index (χ1) is 11.7. The van der Waals surface area contributed by atoms with Gasteiger partial charge in [0.05, 0.1) is 0 Å². The lowest BCUT2D eigenvalue weighted by Gasteiger charge is -2.14. The van der Waals surface area contributed by atoms with E-state index < -0.39 is 0 Å². The van der Waals surface area contributed by atoms with E-state index in [1.807, 2.05) is 25.3 Å². The van der Waals surface area contributed by atoms with Crippen LogP contribution >= 0.6 is 0 Å². The molecule has 1 amide bonds. The maximum Gasteiger partial charge on any atom is 0.251 e. The largest absolute Gasteiger partial charge is 0.454 e. The molecule has 1 aliphatic rings. The van der Waals surface area contributed by atoms with Crippen LogP contribution < -0.4 is 14.8 Å². The number of carbonyl (C=O) groups excluding carboxylic acids is 1. The van der Waals surface area contributed by atoms with Crippen molar-refractivity contribution in [3.8, 4) is 11.5 Å². The summed E-state index contributed by atoms with van der Waals surface area (Å²) in [4.78, 5) is 15.7. The van der Waals surface area contributed by atoms with Crippen LogP contribution in [-0.2, 0) is 6.42 Å². The predicted molar refractivity (Wildman–Crippen MR) is 91.5 cm³/mol. The average molecular weight is 322 g/mol. The van der Waals surface area contributed by atoms with Gasteiger partial charge >= 0.3 is 0 Å². The number of nitrogens with one attached hydrogen (secondary N) is 2. The van der Waals surface area contributed by atoms with Gasteiger partial charge in [0.2, 0.25) is 6.79 Å². The summed E-state index contributed by atoms with van der Waals surface area (Å²) < 4.78 is 10.6. The Morgan fingerprint density at radius 2 is 2.04 bits per heavy atom. The summed E-state index contributed by atoms with van der Waals surface area (Å²) >= 11 is 0. The molecule has 3 aromatic rings. The van der Waals surface area contributed by atoms with Crippen molar-refractivity contribution in [3.63, 3.8) is 0 Å². The minimum absolute atomic E-state index is 0.0159. The summed E-state index contributed by atoms with van der Waals surface area (Å²) in [6.45, 7) is 2.21. The summed E-state index contributed by atoms with van der Waals surface area (Å²) in [6, 6.07) is 13.4. The van der Waals surface area contributed by atoms with Gasteiger partial charge < -0.3 is 19.8 Å². The standard InChI is InChI=1S/C19H18N2O3/c1-12(8-14-10-20-16-5-3-2-4-15(14)16)21-19(22)13-6-7-17-18(9-13)24-11-23-17/h2-7,9-10,12,20H,8,11H2,1H3,(H,21,22)/t12-/m1/s1. The van der Waals surface area contributed by atoms with Crippen LogP contribution in [0.4, 0.5) is 0 Å². The molecule has 0 fully saturated rings. The molecule has 1 atom stereocenters. The molecular formula is C19H18N2O3. The highest BCUT2D eigenvalue weighted by molar-refractivity contribution is 5.95. The number of aromatic amines is 1. The minimum atomic E-state index is -0.111. The van der Waals surface area contributed by atoms with Crippen molar-refractivity contribution in [1.82, 2.24) is 10.3 Å². The molecule has 2 N–H and O–H groups in total. The van der Waals surface area contributed by atoms with Crippen molar-refractivity contribution in [3.05, 3.63) is 59.8 Å². The van der Waals surface area contributed by atoms with Gasteiger partial charge in [0.15, 0.2) is 11.5 Å². The molecule has 2 aromatic carbocycles. The lowest BCUT2D eigenvalue weighted by molar-refractivity contribution is 0.0939. The Bertz CT molecular complexity index is 901. The number of para-hydroxylation sites is 1. The van der Waals surface area contributed by atoms with Gasteiger partial charge in [-0.1, -0.05) is 18.2 Å². The molecule has 0 spiro atoms. The predicted octanol–water partition coefficient (Wildman–Crippen LogP) is 3.26. The van der Waals surface area contributed by atoms with E-state index in [1.54, 1.807) is 18.2 Å². The van der Waals surface area contributed by atoms with Crippen LogP contribution in [-0.4, -0.2) is 23.7 Å². The molecule has 1 aromatic heterocycles. The van der Waals surface area contributed by atoms with E-state index in [0.717, 1.165) is 11.9 Å². The maximum atomic E-state index is 12.4. The monoisotopic (exact) mass is 322 g/mol.